The Bertz CT molecular complexity index is 448. The summed E-state index contributed by atoms with van der Waals surface area (Å²) < 4.78 is 7.18. The fraction of sp³-hybridized carbons (Fsp3) is 0.250. The molecule has 1 aromatic heterocycles. The van der Waals surface area contributed by atoms with Crippen molar-refractivity contribution in [3.8, 4) is 5.75 Å². The molecule has 0 aliphatic rings. The molecule has 0 radical (unpaired) electrons. The molecule has 16 heavy (non-hydrogen) atoms. The van der Waals surface area contributed by atoms with E-state index >= 15 is 0 Å². The van der Waals surface area contributed by atoms with Crippen LogP contribution in [0.1, 0.15) is 12.5 Å². The van der Waals surface area contributed by atoms with Crippen molar-refractivity contribution >= 4 is 5.69 Å². The average molecular weight is 217 g/mol. The molecule has 0 aliphatic carbocycles. The van der Waals surface area contributed by atoms with Gasteiger partial charge in [0.2, 0.25) is 0 Å². The summed E-state index contributed by atoms with van der Waals surface area (Å²) in [5, 5.41) is 4.13. The molecule has 2 rings (SSSR count). The first-order valence-electron chi connectivity index (χ1n) is 5.27. The van der Waals surface area contributed by atoms with Gasteiger partial charge in [0.15, 0.2) is 0 Å². The second-order valence-electron chi connectivity index (χ2n) is 3.55. The van der Waals surface area contributed by atoms with Crippen LogP contribution in [-0.2, 0) is 6.54 Å². The normalized spacial score (nSPS) is 10.3. The monoisotopic (exact) mass is 217 g/mol. The van der Waals surface area contributed by atoms with E-state index in [2.05, 4.69) is 5.10 Å². The van der Waals surface area contributed by atoms with Gasteiger partial charge in [-0.15, -0.1) is 0 Å². The van der Waals surface area contributed by atoms with Crippen LogP contribution in [0.5, 0.6) is 5.75 Å². The zero-order valence-electron chi connectivity index (χ0n) is 9.26. The minimum absolute atomic E-state index is 0.686. The van der Waals surface area contributed by atoms with Gasteiger partial charge in [-0.3, -0.25) is 4.68 Å². The highest BCUT2D eigenvalue weighted by molar-refractivity contribution is 5.31. The van der Waals surface area contributed by atoms with E-state index in [9.17, 15) is 0 Å². The SMILES string of the molecule is CCOc1ccc(Cn2cc(N)cn2)cc1. The predicted molar refractivity (Wildman–Crippen MR) is 63.4 cm³/mol. The quantitative estimate of drug-likeness (QED) is 0.851. The third-order valence-electron chi connectivity index (χ3n) is 2.23. The van der Waals surface area contributed by atoms with Gasteiger partial charge in [-0.05, 0) is 24.6 Å². The summed E-state index contributed by atoms with van der Waals surface area (Å²) in [6.07, 6.45) is 3.46. The van der Waals surface area contributed by atoms with Crippen LogP contribution < -0.4 is 10.5 Å². The van der Waals surface area contributed by atoms with Crippen LogP contribution in [-0.4, -0.2) is 16.4 Å². The van der Waals surface area contributed by atoms with Crippen molar-refractivity contribution in [3.63, 3.8) is 0 Å². The molecule has 84 valence electrons. The first-order valence-corrected chi connectivity index (χ1v) is 5.27. The van der Waals surface area contributed by atoms with Gasteiger partial charge in [0.05, 0.1) is 25.0 Å². The fourth-order valence-corrected chi connectivity index (χ4v) is 1.51. The summed E-state index contributed by atoms with van der Waals surface area (Å²) >= 11 is 0. The van der Waals surface area contributed by atoms with Crippen molar-refractivity contribution in [1.29, 1.82) is 0 Å². The fourth-order valence-electron chi connectivity index (χ4n) is 1.51. The van der Waals surface area contributed by atoms with E-state index in [0.717, 1.165) is 12.3 Å². The number of benzene rings is 1. The van der Waals surface area contributed by atoms with Crippen molar-refractivity contribution in [2.75, 3.05) is 12.3 Å². The maximum Gasteiger partial charge on any atom is 0.119 e. The van der Waals surface area contributed by atoms with Gasteiger partial charge >= 0.3 is 0 Å². The van der Waals surface area contributed by atoms with E-state index in [-0.39, 0.29) is 0 Å². The molecule has 0 aliphatic heterocycles. The van der Waals surface area contributed by atoms with E-state index in [1.165, 1.54) is 5.56 Å². The van der Waals surface area contributed by atoms with Crippen LogP contribution in [0.15, 0.2) is 36.7 Å². The molecular weight excluding hydrogens is 202 g/mol. The van der Waals surface area contributed by atoms with E-state index in [4.69, 9.17) is 10.5 Å². The summed E-state index contributed by atoms with van der Waals surface area (Å²) in [6.45, 7) is 3.39. The number of anilines is 1. The lowest BCUT2D eigenvalue weighted by molar-refractivity contribution is 0.340. The summed E-state index contributed by atoms with van der Waals surface area (Å²) in [6, 6.07) is 7.99. The van der Waals surface area contributed by atoms with Crippen LogP contribution in [0, 0.1) is 0 Å². The molecule has 2 aromatic rings. The van der Waals surface area contributed by atoms with Gasteiger partial charge < -0.3 is 10.5 Å². The minimum Gasteiger partial charge on any atom is -0.494 e. The zero-order valence-corrected chi connectivity index (χ0v) is 9.26. The zero-order chi connectivity index (χ0) is 11.4. The van der Waals surface area contributed by atoms with Crippen molar-refractivity contribution < 1.29 is 4.74 Å². The van der Waals surface area contributed by atoms with Crippen molar-refractivity contribution in [3.05, 3.63) is 42.2 Å². The molecule has 0 spiro atoms. The number of nitrogens with two attached hydrogens (primary N) is 1. The molecule has 1 aromatic carbocycles. The lowest BCUT2D eigenvalue weighted by Crippen LogP contribution is -2.00. The van der Waals surface area contributed by atoms with Gasteiger partial charge in [0.1, 0.15) is 5.75 Å². The van der Waals surface area contributed by atoms with Gasteiger partial charge in [-0.25, -0.2) is 0 Å². The minimum atomic E-state index is 0.686. The summed E-state index contributed by atoms with van der Waals surface area (Å²) in [7, 11) is 0. The molecule has 4 nitrogen and oxygen atoms in total. The maximum absolute atomic E-state index is 5.59. The van der Waals surface area contributed by atoms with Crippen LogP contribution >= 0.6 is 0 Å². The number of nitrogen functional groups attached to an aromatic ring is 1. The number of hydrogen-bond donors (Lipinski definition) is 1. The molecule has 0 amide bonds. The molecular formula is C12H15N3O. The van der Waals surface area contributed by atoms with Gasteiger partial charge in [0, 0.05) is 6.20 Å². The Morgan fingerprint density at radius 1 is 1.31 bits per heavy atom. The van der Waals surface area contributed by atoms with Crippen molar-refractivity contribution in [1.82, 2.24) is 9.78 Å². The highest BCUT2D eigenvalue weighted by atomic mass is 16.5. The second kappa shape index (κ2) is 4.70. The third kappa shape index (κ3) is 2.53. The largest absolute Gasteiger partial charge is 0.494 e. The Labute approximate surface area is 94.6 Å². The Balaban J connectivity index is 2.05. The third-order valence-corrected chi connectivity index (χ3v) is 2.23. The molecule has 0 bridgehead atoms. The van der Waals surface area contributed by atoms with E-state index in [1.54, 1.807) is 6.20 Å². The summed E-state index contributed by atoms with van der Waals surface area (Å²) in [5.74, 6) is 0.895. The van der Waals surface area contributed by atoms with Gasteiger partial charge in [0.25, 0.3) is 0 Å². The number of aromatic nitrogens is 2. The number of rotatable bonds is 4. The van der Waals surface area contributed by atoms with Gasteiger partial charge in [-0.2, -0.15) is 5.10 Å². The molecule has 0 fully saturated rings. The molecule has 0 saturated carbocycles. The standard InChI is InChI=1S/C12H15N3O/c1-2-16-12-5-3-10(4-6-12)8-15-9-11(13)7-14-15/h3-7,9H,2,8,13H2,1H3. The van der Waals surface area contributed by atoms with Gasteiger partial charge in [-0.1, -0.05) is 12.1 Å². The lowest BCUT2D eigenvalue weighted by atomic mass is 10.2. The Morgan fingerprint density at radius 2 is 2.06 bits per heavy atom. The van der Waals surface area contributed by atoms with Crippen LogP contribution in [0.2, 0.25) is 0 Å². The molecule has 1 heterocycles. The van der Waals surface area contributed by atoms with E-state index in [1.807, 2.05) is 42.1 Å². The summed E-state index contributed by atoms with van der Waals surface area (Å²) in [4.78, 5) is 0. The molecule has 0 saturated heterocycles. The predicted octanol–water partition coefficient (Wildman–Crippen LogP) is 1.91. The number of hydrogen-bond acceptors (Lipinski definition) is 3. The Hall–Kier alpha value is -1.97. The van der Waals surface area contributed by atoms with Crippen molar-refractivity contribution in [2.45, 2.75) is 13.5 Å². The number of ether oxygens (including phenoxy) is 1. The summed E-state index contributed by atoms with van der Waals surface area (Å²) in [5.41, 5.74) is 7.45. The number of nitrogens with zero attached hydrogens (tertiary/aromatic N) is 2. The lowest BCUT2D eigenvalue weighted by Gasteiger charge is -2.05. The Morgan fingerprint density at radius 3 is 2.62 bits per heavy atom. The highest BCUT2D eigenvalue weighted by Crippen LogP contribution is 2.13. The Kier molecular flexibility index (Phi) is 3.10. The van der Waals surface area contributed by atoms with Crippen molar-refractivity contribution in [2.24, 2.45) is 0 Å². The first kappa shape index (κ1) is 10.5. The first-order chi connectivity index (χ1) is 7.78. The molecule has 0 unspecified atom stereocenters. The molecule has 2 N–H and O–H groups in total. The van der Waals surface area contributed by atoms with Crippen LogP contribution in [0.25, 0.3) is 0 Å². The van der Waals surface area contributed by atoms with Crippen LogP contribution in [0.4, 0.5) is 5.69 Å². The van der Waals surface area contributed by atoms with Crippen LogP contribution in [0.3, 0.4) is 0 Å². The molecule has 4 heteroatoms. The highest BCUT2D eigenvalue weighted by Gasteiger charge is 1.98. The molecule has 0 atom stereocenters. The second-order valence-corrected chi connectivity index (χ2v) is 3.55. The van der Waals surface area contributed by atoms with E-state index < -0.39 is 0 Å². The smallest absolute Gasteiger partial charge is 0.119 e. The maximum atomic E-state index is 5.59. The van der Waals surface area contributed by atoms with E-state index in [0.29, 0.717) is 12.3 Å². The topological polar surface area (TPSA) is 53.1 Å². The average Bonchev–Trinajstić information content (AvgIpc) is 2.67.